The summed E-state index contributed by atoms with van der Waals surface area (Å²) >= 11 is 0. The van der Waals surface area contributed by atoms with Gasteiger partial charge in [-0.3, -0.25) is 0 Å². The predicted octanol–water partition coefficient (Wildman–Crippen LogP) is 1.51. The molecule has 1 aromatic carbocycles. The summed E-state index contributed by atoms with van der Waals surface area (Å²) in [6, 6.07) is 5.10. The minimum atomic E-state index is -1.46. The Balaban J connectivity index is 0.00000169. The monoisotopic (exact) mass is 219 g/mol. The molecule has 5 heteroatoms. The molecular formula is C9H11ClFNO2. The molecular weight excluding hydrogens is 209 g/mol. The third-order valence-corrected chi connectivity index (χ3v) is 1.89. The van der Waals surface area contributed by atoms with Gasteiger partial charge < -0.3 is 10.8 Å². The quantitative estimate of drug-likeness (QED) is 0.793. The molecule has 0 saturated heterocycles. The van der Waals surface area contributed by atoms with Crippen LogP contribution in [-0.2, 0) is 10.3 Å². The lowest BCUT2D eigenvalue weighted by Gasteiger charge is -2.19. The molecule has 0 spiro atoms. The van der Waals surface area contributed by atoms with Crippen molar-refractivity contribution >= 4 is 18.4 Å². The van der Waals surface area contributed by atoms with E-state index in [1.807, 2.05) is 0 Å². The van der Waals surface area contributed by atoms with Gasteiger partial charge >= 0.3 is 5.97 Å². The zero-order valence-corrected chi connectivity index (χ0v) is 8.34. The van der Waals surface area contributed by atoms with E-state index < -0.39 is 17.3 Å². The topological polar surface area (TPSA) is 63.3 Å². The molecule has 0 aliphatic carbocycles. The van der Waals surface area contributed by atoms with Crippen molar-refractivity contribution in [1.82, 2.24) is 0 Å². The van der Waals surface area contributed by atoms with Crippen LogP contribution in [0.5, 0.6) is 0 Å². The SMILES string of the molecule is CC(N)(C(=O)O)c1ccc(F)cc1.Cl. The van der Waals surface area contributed by atoms with Gasteiger partial charge in [0.2, 0.25) is 0 Å². The number of aliphatic carboxylic acids is 1. The Labute approximate surface area is 87.1 Å². The van der Waals surface area contributed by atoms with E-state index in [9.17, 15) is 9.18 Å². The Hall–Kier alpha value is -1.13. The van der Waals surface area contributed by atoms with Crippen LogP contribution in [-0.4, -0.2) is 11.1 Å². The second kappa shape index (κ2) is 4.39. The lowest BCUT2D eigenvalue weighted by molar-refractivity contribution is -0.143. The van der Waals surface area contributed by atoms with Crippen LogP contribution in [0, 0.1) is 5.82 Å². The molecule has 1 atom stereocenters. The molecule has 3 nitrogen and oxygen atoms in total. The molecule has 0 aromatic heterocycles. The number of hydrogen-bond donors (Lipinski definition) is 2. The summed E-state index contributed by atoms with van der Waals surface area (Å²) in [7, 11) is 0. The summed E-state index contributed by atoms with van der Waals surface area (Å²) < 4.78 is 12.5. The van der Waals surface area contributed by atoms with Crippen LogP contribution in [0.2, 0.25) is 0 Å². The van der Waals surface area contributed by atoms with E-state index in [2.05, 4.69) is 0 Å². The lowest BCUT2D eigenvalue weighted by Crippen LogP contribution is -2.41. The van der Waals surface area contributed by atoms with Gasteiger partial charge in [-0.1, -0.05) is 12.1 Å². The Bertz CT molecular complexity index is 324. The van der Waals surface area contributed by atoms with E-state index in [1.165, 1.54) is 31.2 Å². The summed E-state index contributed by atoms with van der Waals surface area (Å²) in [6.45, 7) is 1.36. The van der Waals surface area contributed by atoms with Gasteiger partial charge in [0, 0.05) is 0 Å². The van der Waals surface area contributed by atoms with Crippen molar-refractivity contribution in [2.75, 3.05) is 0 Å². The first-order valence-electron chi connectivity index (χ1n) is 3.73. The van der Waals surface area contributed by atoms with Gasteiger partial charge in [-0.2, -0.15) is 0 Å². The molecule has 0 bridgehead atoms. The Morgan fingerprint density at radius 3 is 2.21 bits per heavy atom. The normalized spacial score (nSPS) is 13.9. The Morgan fingerprint density at radius 1 is 1.43 bits per heavy atom. The van der Waals surface area contributed by atoms with Gasteiger partial charge in [0.1, 0.15) is 11.4 Å². The van der Waals surface area contributed by atoms with Crippen LogP contribution in [0.1, 0.15) is 12.5 Å². The van der Waals surface area contributed by atoms with Crippen molar-refractivity contribution in [2.24, 2.45) is 5.73 Å². The van der Waals surface area contributed by atoms with E-state index in [0.717, 1.165) is 0 Å². The maximum atomic E-state index is 12.5. The summed E-state index contributed by atoms with van der Waals surface area (Å²) in [4.78, 5) is 10.7. The molecule has 1 rings (SSSR count). The Kier molecular flexibility index (Phi) is 4.04. The van der Waals surface area contributed by atoms with Crippen molar-refractivity contribution in [3.8, 4) is 0 Å². The number of carboxylic acid groups (broad SMARTS) is 1. The molecule has 0 amide bonds. The van der Waals surface area contributed by atoms with Gasteiger partial charge in [0.05, 0.1) is 0 Å². The third-order valence-electron chi connectivity index (χ3n) is 1.89. The van der Waals surface area contributed by atoms with Crippen LogP contribution in [0.25, 0.3) is 0 Å². The van der Waals surface area contributed by atoms with E-state index in [-0.39, 0.29) is 12.4 Å². The maximum absolute atomic E-state index is 12.5. The molecule has 78 valence electrons. The lowest BCUT2D eigenvalue weighted by atomic mass is 9.94. The average Bonchev–Trinajstić information content (AvgIpc) is 2.04. The van der Waals surface area contributed by atoms with Gasteiger partial charge in [-0.05, 0) is 24.6 Å². The van der Waals surface area contributed by atoms with E-state index in [4.69, 9.17) is 10.8 Å². The van der Waals surface area contributed by atoms with Crippen molar-refractivity contribution in [1.29, 1.82) is 0 Å². The molecule has 0 radical (unpaired) electrons. The number of benzene rings is 1. The van der Waals surface area contributed by atoms with Crippen LogP contribution in [0.4, 0.5) is 4.39 Å². The largest absolute Gasteiger partial charge is 0.480 e. The first-order chi connectivity index (χ1) is 5.94. The third kappa shape index (κ3) is 2.43. The van der Waals surface area contributed by atoms with Gasteiger partial charge in [-0.15, -0.1) is 12.4 Å². The molecule has 0 fully saturated rings. The molecule has 14 heavy (non-hydrogen) atoms. The zero-order valence-electron chi connectivity index (χ0n) is 7.53. The number of nitrogens with two attached hydrogens (primary N) is 1. The van der Waals surface area contributed by atoms with E-state index in [0.29, 0.717) is 5.56 Å². The zero-order chi connectivity index (χ0) is 10.1. The fourth-order valence-corrected chi connectivity index (χ4v) is 0.920. The first kappa shape index (κ1) is 12.9. The number of carbonyl (C=O) groups is 1. The highest BCUT2D eigenvalue weighted by Crippen LogP contribution is 2.17. The van der Waals surface area contributed by atoms with Crippen molar-refractivity contribution in [2.45, 2.75) is 12.5 Å². The van der Waals surface area contributed by atoms with E-state index in [1.54, 1.807) is 0 Å². The minimum absolute atomic E-state index is 0. The van der Waals surface area contributed by atoms with Crippen LogP contribution in [0.15, 0.2) is 24.3 Å². The number of rotatable bonds is 2. The fraction of sp³-hybridized carbons (Fsp3) is 0.222. The standard InChI is InChI=1S/C9H10FNO2.ClH/c1-9(11,8(12)13)6-2-4-7(10)5-3-6;/h2-5H,11H2,1H3,(H,12,13);1H. The highest BCUT2D eigenvalue weighted by Gasteiger charge is 2.29. The molecule has 0 aliphatic rings. The highest BCUT2D eigenvalue weighted by atomic mass is 35.5. The molecule has 0 saturated carbocycles. The first-order valence-corrected chi connectivity index (χ1v) is 3.73. The average molecular weight is 220 g/mol. The number of carboxylic acids is 1. The van der Waals surface area contributed by atoms with Crippen LogP contribution in [0.3, 0.4) is 0 Å². The van der Waals surface area contributed by atoms with Crippen molar-refractivity contribution in [3.05, 3.63) is 35.6 Å². The summed E-state index contributed by atoms with van der Waals surface area (Å²) in [5, 5.41) is 8.75. The summed E-state index contributed by atoms with van der Waals surface area (Å²) in [5.41, 5.74) is 4.42. The van der Waals surface area contributed by atoms with E-state index >= 15 is 0 Å². The smallest absolute Gasteiger partial charge is 0.328 e. The molecule has 0 heterocycles. The van der Waals surface area contributed by atoms with Crippen molar-refractivity contribution in [3.63, 3.8) is 0 Å². The van der Waals surface area contributed by atoms with Gasteiger partial charge in [0.25, 0.3) is 0 Å². The predicted molar refractivity (Wildman–Crippen MR) is 52.8 cm³/mol. The number of halogens is 2. The molecule has 3 N–H and O–H groups in total. The highest BCUT2D eigenvalue weighted by molar-refractivity contribution is 5.85. The number of hydrogen-bond acceptors (Lipinski definition) is 2. The second-order valence-corrected chi connectivity index (χ2v) is 3.01. The second-order valence-electron chi connectivity index (χ2n) is 3.01. The molecule has 0 aliphatic heterocycles. The summed E-state index contributed by atoms with van der Waals surface area (Å²) in [6.07, 6.45) is 0. The minimum Gasteiger partial charge on any atom is -0.480 e. The van der Waals surface area contributed by atoms with Crippen molar-refractivity contribution < 1.29 is 14.3 Å². The summed E-state index contributed by atoms with van der Waals surface area (Å²) in [5.74, 6) is -1.55. The van der Waals surface area contributed by atoms with Gasteiger partial charge in [0.15, 0.2) is 0 Å². The van der Waals surface area contributed by atoms with Gasteiger partial charge in [-0.25, -0.2) is 9.18 Å². The Morgan fingerprint density at radius 2 is 1.86 bits per heavy atom. The molecule has 1 unspecified atom stereocenters. The fourth-order valence-electron chi connectivity index (χ4n) is 0.920. The van der Waals surface area contributed by atoms with Crippen LogP contribution < -0.4 is 5.73 Å². The van der Waals surface area contributed by atoms with Crippen LogP contribution >= 0.6 is 12.4 Å². The maximum Gasteiger partial charge on any atom is 0.328 e. The molecule has 1 aromatic rings.